The molecule has 0 saturated carbocycles. The van der Waals surface area contributed by atoms with Crippen molar-refractivity contribution in [1.29, 1.82) is 0 Å². The first-order valence-corrected chi connectivity index (χ1v) is 6.50. The molecule has 0 fully saturated rings. The van der Waals surface area contributed by atoms with Gasteiger partial charge in [-0.15, -0.1) is 0 Å². The maximum Gasteiger partial charge on any atom is 0.152 e. The van der Waals surface area contributed by atoms with E-state index in [0.717, 1.165) is 24.6 Å². The molecule has 19 heavy (non-hydrogen) atoms. The van der Waals surface area contributed by atoms with Gasteiger partial charge in [-0.25, -0.2) is 9.97 Å². The molecule has 102 valence electrons. The molecular formula is C14H21N5. The summed E-state index contributed by atoms with van der Waals surface area (Å²) in [6.07, 6.45) is 4.44. The smallest absolute Gasteiger partial charge is 0.152 e. The summed E-state index contributed by atoms with van der Waals surface area (Å²) in [5, 5.41) is 7.51. The molecule has 0 aliphatic carbocycles. The molecule has 2 heterocycles. The van der Waals surface area contributed by atoms with Crippen molar-refractivity contribution >= 4 is 5.82 Å². The van der Waals surface area contributed by atoms with Gasteiger partial charge in [0.2, 0.25) is 0 Å². The fourth-order valence-corrected chi connectivity index (χ4v) is 1.74. The Balaban J connectivity index is 1.86. The molecule has 2 aromatic rings. The molecule has 0 amide bonds. The lowest BCUT2D eigenvalue weighted by Crippen LogP contribution is -2.12. The second-order valence-corrected chi connectivity index (χ2v) is 5.69. The van der Waals surface area contributed by atoms with Crippen molar-refractivity contribution in [3.63, 3.8) is 0 Å². The lowest BCUT2D eigenvalue weighted by molar-refractivity contribution is 0.587. The van der Waals surface area contributed by atoms with Gasteiger partial charge in [-0.05, 0) is 17.0 Å². The zero-order valence-corrected chi connectivity index (χ0v) is 12.0. The molecule has 0 radical (unpaired) electrons. The van der Waals surface area contributed by atoms with E-state index in [-0.39, 0.29) is 5.41 Å². The van der Waals surface area contributed by atoms with Gasteiger partial charge < -0.3 is 5.32 Å². The number of nitrogens with zero attached hydrogens (tertiary/aromatic N) is 4. The lowest BCUT2D eigenvalue weighted by Gasteiger charge is -2.18. The highest BCUT2D eigenvalue weighted by atomic mass is 15.3. The molecule has 0 aromatic carbocycles. The predicted octanol–water partition coefficient (Wildman–Crippen LogP) is 2.16. The molecule has 5 nitrogen and oxygen atoms in total. The Morgan fingerprint density at radius 2 is 2.00 bits per heavy atom. The van der Waals surface area contributed by atoms with Gasteiger partial charge in [0.1, 0.15) is 12.1 Å². The number of pyridine rings is 1. The Kier molecular flexibility index (Phi) is 3.83. The molecule has 2 rings (SSSR count). The third-order valence-electron chi connectivity index (χ3n) is 2.93. The molecular weight excluding hydrogens is 238 g/mol. The minimum Gasteiger partial charge on any atom is -0.370 e. The van der Waals surface area contributed by atoms with E-state index in [1.807, 2.05) is 19.3 Å². The highest BCUT2D eigenvalue weighted by molar-refractivity contribution is 5.37. The fraction of sp³-hybridized carbons (Fsp3) is 0.500. The van der Waals surface area contributed by atoms with Gasteiger partial charge in [-0.1, -0.05) is 26.8 Å². The molecule has 2 aromatic heterocycles. The minimum atomic E-state index is 0.142. The number of rotatable bonds is 4. The lowest BCUT2D eigenvalue weighted by atomic mass is 9.88. The van der Waals surface area contributed by atoms with Crippen molar-refractivity contribution in [3.05, 3.63) is 36.0 Å². The normalized spacial score (nSPS) is 11.6. The van der Waals surface area contributed by atoms with Crippen LogP contribution in [0.3, 0.4) is 0 Å². The second kappa shape index (κ2) is 5.38. The van der Waals surface area contributed by atoms with Crippen LogP contribution >= 0.6 is 0 Å². The van der Waals surface area contributed by atoms with E-state index in [0.29, 0.717) is 0 Å². The number of aromatic nitrogens is 4. The average Bonchev–Trinajstić information content (AvgIpc) is 2.75. The Hall–Kier alpha value is -1.91. The first-order valence-electron chi connectivity index (χ1n) is 6.50. The molecule has 1 N–H and O–H groups in total. The average molecular weight is 259 g/mol. The summed E-state index contributed by atoms with van der Waals surface area (Å²) in [6, 6.07) is 4.14. The molecule has 0 spiro atoms. The monoisotopic (exact) mass is 259 g/mol. The Labute approximate surface area is 114 Å². The van der Waals surface area contributed by atoms with Crippen LogP contribution in [0, 0.1) is 0 Å². The van der Waals surface area contributed by atoms with E-state index in [1.165, 1.54) is 5.56 Å². The van der Waals surface area contributed by atoms with Gasteiger partial charge in [-0.3, -0.25) is 4.68 Å². The van der Waals surface area contributed by atoms with Crippen molar-refractivity contribution in [3.8, 4) is 0 Å². The third-order valence-corrected chi connectivity index (χ3v) is 2.93. The van der Waals surface area contributed by atoms with Gasteiger partial charge in [0, 0.05) is 26.2 Å². The largest absolute Gasteiger partial charge is 0.370 e. The number of hydrogen-bond acceptors (Lipinski definition) is 4. The Morgan fingerprint density at radius 3 is 2.53 bits per heavy atom. The quantitative estimate of drug-likeness (QED) is 0.914. The third kappa shape index (κ3) is 3.77. The van der Waals surface area contributed by atoms with Crippen molar-refractivity contribution < 1.29 is 0 Å². The van der Waals surface area contributed by atoms with Gasteiger partial charge in [0.05, 0.1) is 0 Å². The molecule has 0 unspecified atom stereocenters. The van der Waals surface area contributed by atoms with Crippen molar-refractivity contribution in [2.75, 3.05) is 11.9 Å². The number of anilines is 1. The van der Waals surface area contributed by atoms with Crippen LogP contribution < -0.4 is 5.32 Å². The fourth-order valence-electron chi connectivity index (χ4n) is 1.74. The first kappa shape index (κ1) is 13.5. The van der Waals surface area contributed by atoms with Crippen molar-refractivity contribution in [1.82, 2.24) is 19.7 Å². The first-order chi connectivity index (χ1) is 8.95. The summed E-state index contributed by atoms with van der Waals surface area (Å²) in [4.78, 5) is 8.61. The zero-order valence-electron chi connectivity index (χ0n) is 12.0. The van der Waals surface area contributed by atoms with Gasteiger partial charge >= 0.3 is 0 Å². The van der Waals surface area contributed by atoms with Crippen LogP contribution in [0.4, 0.5) is 5.82 Å². The summed E-state index contributed by atoms with van der Waals surface area (Å²) in [5.41, 5.74) is 1.38. The summed E-state index contributed by atoms with van der Waals surface area (Å²) >= 11 is 0. The van der Waals surface area contributed by atoms with Crippen LogP contribution in [0.2, 0.25) is 0 Å². The van der Waals surface area contributed by atoms with Crippen LogP contribution in [-0.2, 0) is 18.9 Å². The number of nitrogens with one attached hydrogen (secondary N) is 1. The highest BCUT2D eigenvalue weighted by Crippen LogP contribution is 2.21. The van der Waals surface area contributed by atoms with E-state index in [1.54, 1.807) is 11.0 Å². The highest BCUT2D eigenvalue weighted by Gasteiger charge is 2.13. The number of aryl methyl sites for hydroxylation is 1. The van der Waals surface area contributed by atoms with Crippen LogP contribution in [0.5, 0.6) is 0 Å². The molecule has 0 atom stereocenters. The van der Waals surface area contributed by atoms with E-state index in [2.05, 4.69) is 47.2 Å². The van der Waals surface area contributed by atoms with E-state index in [4.69, 9.17) is 0 Å². The van der Waals surface area contributed by atoms with Crippen molar-refractivity contribution in [2.24, 2.45) is 7.05 Å². The second-order valence-electron chi connectivity index (χ2n) is 5.69. The molecule has 0 aliphatic heterocycles. The number of hydrogen-bond donors (Lipinski definition) is 1. The molecule has 0 saturated heterocycles. The van der Waals surface area contributed by atoms with Crippen molar-refractivity contribution in [2.45, 2.75) is 32.6 Å². The topological polar surface area (TPSA) is 55.6 Å². The van der Waals surface area contributed by atoms with Gasteiger partial charge in [0.25, 0.3) is 0 Å². The Morgan fingerprint density at radius 1 is 1.21 bits per heavy atom. The summed E-state index contributed by atoms with van der Waals surface area (Å²) < 4.78 is 1.71. The Bertz CT molecular complexity index is 522. The van der Waals surface area contributed by atoms with Gasteiger partial charge in [0.15, 0.2) is 5.82 Å². The van der Waals surface area contributed by atoms with Crippen LogP contribution in [-0.4, -0.2) is 26.3 Å². The van der Waals surface area contributed by atoms with Crippen LogP contribution in [0.25, 0.3) is 0 Å². The summed E-state index contributed by atoms with van der Waals surface area (Å²) in [5.74, 6) is 1.74. The molecule has 0 aliphatic rings. The summed E-state index contributed by atoms with van der Waals surface area (Å²) in [7, 11) is 1.87. The molecule has 5 heteroatoms. The standard InChI is InChI=1S/C14H21N5/c1-14(2,3)11-5-6-12(16-9-11)15-8-7-13-17-10-19(4)18-13/h5-6,9-10H,7-8H2,1-4H3,(H,15,16). The van der Waals surface area contributed by atoms with E-state index < -0.39 is 0 Å². The maximum atomic E-state index is 4.42. The van der Waals surface area contributed by atoms with E-state index >= 15 is 0 Å². The minimum absolute atomic E-state index is 0.142. The van der Waals surface area contributed by atoms with E-state index in [9.17, 15) is 0 Å². The predicted molar refractivity (Wildman–Crippen MR) is 76.1 cm³/mol. The SMILES string of the molecule is Cn1cnc(CCNc2ccc(C(C)(C)C)cn2)n1. The maximum absolute atomic E-state index is 4.42. The summed E-state index contributed by atoms with van der Waals surface area (Å²) in [6.45, 7) is 7.34. The van der Waals surface area contributed by atoms with Gasteiger partial charge in [-0.2, -0.15) is 5.10 Å². The zero-order chi connectivity index (χ0) is 13.9. The van der Waals surface area contributed by atoms with Crippen LogP contribution in [0.15, 0.2) is 24.7 Å². The van der Waals surface area contributed by atoms with Crippen LogP contribution in [0.1, 0.15) is 32.2 Å². The molecule has 0 bridgehead atoms.